The highest BCUT2D eigenvalue weighted by molar-refractivity contribution is 7.90. The Balaban J connectivity index is 2.99. The van der Waals surface area contributed by atoms with Crippen LogP contribution in [-0.4, -0.2) is 31.8 Å². The lowest BCUT2D eigenvalue weighted by molar-refractivity contribution is 0.527. The van der Waals surface area contributed by atoms with E-state index in [0.29, 0.717) is 11.3 Å². The lowest BCUT2D eigenvalue weighted by Gasteiger charge is -2.13. The number of nitrogens with two attached hydrogens (primary N) is 1. The summed E-state index contributed by atoms with van der Waals surface area (Å²) in [5.41, 5.74) is 6.50. The molecule has 1 aromatic rings. The molecule has 0 aliphatic rings. The van der Waals surface area contributed by atoms with E-state index >= 15 is 0 Å². The summed E-state index contributed by atoms with van der Waals surface area (Å²) in [6.45, 7) is 0. The van der Waals surface area contributed by atoms with Crippen molar-refractivity contribution < 1.29 is 8.42 Å². The van der Waals surface area contributed by atoms with Crippen LogP contribution in [0.15, 0.2) is 24.3 Å². The number of nitrogens with one attached hydrogen (secondary N) is 1. The summed E-state index contributed by atoms with van der Waals surface area (Å²) >= 11 is 4.80. The summed E-state index contributed by atoms with van der Waals surface area (Å²) < 4.78 is 26.5. The molecule has 0 saturated carbocycles. The largest absolute Gasteiger partial charge is 0.389 e. The van der Waals surface area contributed by atoms with Crippen molar-refractivity contribution in [3.8, 4) is 0 Å². The van der Waals surface area contributed by atoms with Gasteiger partial charge in [0.1, 0.15) is 4.99 Å². The fourth-order valence-corrected chi connectivity index (χ4v) is 1.71. The second-order valence-corrected chi connectivity index (χ2v) is 5.66. The fraction of sp³-hybridized carbons (Fsp3) is 0.222. The molecule has 3 N–H and O–H groups in total. The maximum absolute atomic E-state index is 11.5. The van der Waals surface area contributed by atoms with E-state index in [1.54, 1.807) is 24.3 Å². The molecule has 0 radical (unpaired) electrons. The second-order valence-electron chi connectivity index (χ2n) is 3.33. The van der Waals surface area contributed by atoms with Crippen LogP contribution in [-0.2, 0) is 10.2 Å². The van der Waals surface area contributed by atoms with Crippen LogP contribution in [0.25, 0.3) is 0 Å². The zero-order chi connectivity index (χ0) is 12.3. The zero-order valence-electron chi connectivity index (χ0n) is 8.97. The van der Waals surface area contributed by atoms with Gasteiger partial charge in [0.25, 0.3) is 0 Å². The molecule has 0 unspecified atom stereocenters. The molecule has 0 heterocycles. The predicted octanol–water partition coefficient (Wildman–Crippen LogP) is 0.539. The first-order chi connectivity index (χ1) is 7.33. The van der Waals surface area contributed by atoms with Gasteiger partial charge in [-0.25, -0.2) is 0 Å². The molecule has 16 heavy (non-hydrogen) atoms. The lowest BCUT2D eigenvalue weighted by atomic mass is 10.2. The number of hydrogen-bond donors (Lipinski definition) is 2. The Labute approximate surface area is 100 Å². The van der Waals surface area contributed by atoms with Crippen LogP contribution in [0.1, 0.15) is 5.56 Å². The van der Waals surface area contributed by atoms with Crippen molar-refractivity contribution >= 4 is 33.1 Å². The topological polar surface area (TPSA) is 75.4 Å². The van der Waals surface area contributed by atoms with E-state index in [4.69, 9.17) is 18.0 Å². The van der Waals surface area contributed by atoms with Crippen molar-refractivity contribution in [1.29, 1.82) is 0 Å². The van der Waals surface area contributed by atoms with Gasteiger partial charge in [-0.1, -0.05) is 24.4 Å². The first kappa shape index (κ1) is 12.9. The third-order valence-corrected chi connectivity index (χ3v) is 3.57. The third-order valence-electron chi connectivity index (χ3n) is 1.87. The molecule has 7 heteroatoms. The number of rotatable bonds is 4. The molecule has 0 aromatic heterocycles. The van der Waals surface area contributed by atoms with E-state index < -0.39 is 10.2 Å². The molecule has 88 valence electrons. The van der Waals surface area contributed by atoms with Gasteiger partial charge in [-0.15, -0.1) is 0 Å². The van der Waals surface area contributed by atoms with Gasteiger partial charge in [-0.2, -0.15) is 12.7 Å². The number of thiocarbonyl (C=S) groups is 1. The summed E-state index contributed by atoms with van der Waals surface area (Å²) in [7, 11) is -0.606. The van der Waals surface area contributed by atoms with Gasteiger partial charge < -0.3 is 5.73 Å². The van der Waals surface area contributed by atoms with Crippen molar-refractivity contribution in [2.45, 2.75) is 0 Å². The first-order valence-corrected chi connectivity index (χ1v) is 6.28. The van der Waals surface area contributed by atoms with E-state index in [-0.39, 0.29) is 4.99 Å². The molecule has 1 rings (SSSR count). The number of hydrogen-bond acceptors (Lipinski definition) is 3. The Morgan fingerprint density at radius 2 is 2.06 bits per heavy atom. The molecule has 0 fully saturated rings. The molecule has 5 nitrogen and oxygen atoms in total. The highest BCUT2D eigenvalue weighted by atomic mass is 32.2. The SMILES string of the molecule is CN(C)S(=O)(=O)Nc1cccc(C(N)=S)c1. The molecule has 0 aliphatic carbocycles. The number of nitrogens with zero attached hydrogens (tertiary/aromatic N) is 1. The molecule has 1 aromatic carbocycles. The maximum Gasteiger partial charge on any atom is 0.301 e. The van der Waals surface area contributed by atoms with Gasteiger partial charge in [0.05, 0.1) is 5.69 Å². The molecule has 0 spiro atoms. The molecular formula is C9H13N3O2S2. The Hall–Kier alpha value is -1.18. The quantitative estimate of drug-likeness (QED) is 0.774. The van der Waals surface area contributed by atoms with Crippen LogP contribution in [0.2, 0.25) is 0 Å². The molecule has 0 atom stereocenters. The second kappa shape index (κ2) is 4.77. The van der Waals surface area contributed by atoms with Crippen LogP contribution in [0, 0.1) is 0 Å². The van der Waals surface area contributed by atoms with Crippen molar-refractivity contribution in [2.24, 2.45) is 5.73 Å². The van der Waals surface area contributed by atoms with Gasteiger partial charge in [0, 0.05) is 19.7 Å². The minimum Gasteiger partial charge on any atom is -0.389 e. The van der Waals surface area contributed by atoms with Gasteiger partial charge in [-0.05, 0) is 12.1 Å². The van der Waals surface area contributed by atoms with Gasteiger partial charge >= 0.3 is 10.2 Å². The van der Waals surface area contributed by atoms with E-state index in [9.17, 15) is 8.42 Å². The Morgan fingerprint density at radius 3 is 2.56 bits per heavy atom. The van der Waals surface area contributed by atoms with E-state index in [1.165, 1.54) is 14.1 Å². The van der Waals surface area contributed by atoms with E-state index in [0.717, 1.165) is 4.31 Å². The summed E-state index contributed by atoms with van der Waals surface area (Å²) in [4.78, 5) is 0.228. The summed E-state index contributed by atoms with van der Waals surface area (Å²) in [6, 6.07) is 6.62. The van der Waals surface area contributed by atoms with E-state index in [2.05, 4.69) is 4.72 Å². The molecule has 0 aliphatic heterocycles. The van der Waals surface area contributed by atoms with Crippen LogP contribution in [0.5, 0.6) is 0 Å². The molecular weight excluding hydrogens is 246 g/mol. The van der Waals surface area contributed by atoms with Crippen molar-refractivity contribution in [2.75, 3.05) is 18.8 Å². The molecule has 0 bridgehead atoms. The van der Waals surface area contributed by atoms with Crippen LogP contribution < -0.4 is 10.5 Å². The van der Waals surface area contributed by atoms with Gasteiger partial charge in [-0.3, -0.25) is 4.72 Å². The van der Waals surface area contributed by atoms with Gasteiger partial charge in [0.2, 0.25) is 0 Å². The monoisotopic (exact) mass is 259 g/mol. The van der Waals surface area contributed by atoms with Gasteiger partial charge in [0.15, 0.2) is 0 Å². The molecule has 0 amide bonds. The summed E-state index contributed by atoms with van der Waals surface area (Å²) in [5, 5.41) is 0. The fourth-order valence-electron chi connectivity index (χ4n) is 0.976. The summed E-state index contributed by atoms with van der Waals surface area (Å²) in [6.07, 6.45) is 0. The highest BCUT2D eigenvalue weighted by Gasteiger charge is 2.12. The van der Waals surface area contributed by atoms with Crippen LogP contribution in [0.4, 0.5) is 5.69 Å². The average Bonchev–Trinajstić information content (AvgIpc) is 2.17. The Morgan fingerprint density at radius 1 is 1.44 bits per heavy atom. The number of anilines is 1. The maximum atomic E-state index is 11.5. The van der Waals surface area contributed by atoms with E-state index in [1.807, 2.05) is 0 Å². The standard InChI is InChI=1S/C9H13N3O2S2/c1-12(2)16(13,14)11-8-5-3-4-7(6-8)9(10)15/h3-6,11H,1-2H3,(H2,10,15). The summed E-state index contributed by atoms with van der Waals surface area (Å²) in [5.74, 6) is 0. The third kappa shape index (κ3) is 3.16. The Kier molecular flexibility index (Phi) is 3.84. The predicted molar refractivity (Wildman–Crippen MR) is 68.6 cm³/mol. The Bertz CT molecular complexity index is 497. The zero-order valence-corrected chi connectivity index (χ0v) is 10.6. The normalized spacial score (nSPS) is 11.4. The van der Waals surface area contributed by atoms with Crippen molar-refractivity contribution in [3.05, 3.63) is 29.8 Å². The molecule has 0 saturated heterocycles. The van der Waals surface area contributed by atoms with Crippen LogP contribution in [0.3, 0.4) is 0 Å². The van der Waals surface area contributed by atoms with Crippen molar-refractivity contribution in [1.82, 2.24) is 4.31 Å². The minimum absolute atomic E-state index is 0.228. The van der Waals surface area contributed by atoms with Crippen LogP contribution >= 0.6 is 12.2 Å². The highest BCUT2D eigenvalue weighted by Crippen LogP contribution is 2.12. The average molecular weight is 259 g/mol. The smallest absolute Gasteiger partial charge is 0.301 e. The number of benzene rings is 1. The first-order valence-electron chi connectivity index (χ1n) is 4.43. The lowest BCUT2D eigenvalue weighted by Crippen LogP contribution is -2.29. The van der Waals surface area contributed by atoms with Crippen molar-refractivity contribution in [3.63, 3.8) is 0 Å². The minimum atomic E-state index is -3.49.